The van der Waals surface area contributed by atoms with Crippen LogP contribution in [-0.2, 0) is 0 Å². The molecule has 0 aliphatic rings. The summed E-state index contributed by atoms with van der Waals surface area (Å²) in [4.78, 5) is 7.79. The molecule has 0 spiro atoms. The molecule has 0 unspecified atom stereocenters. The quantitative estimate of drug-likeness (QED) is 0.687. The van der Waals surface area contributed by atoms with Crippen molar-refractivity contribution in [2.75, 3.05) is 0 Å². The third kappa shape index (κ3) is 1.41. The maximum absolute atomic E-state index is 9.44. The van der Waals surface area contributed by atoms with Crippen LogP contribution in [0.15, 0.2) is 18.3 Å². The highest BCUT2D eigenvalue weighted by Crippen LogP contribution is 2.29. The molecule has 0 atom stereocenters. The highest BCUT2D eigenvalue weighted by Gasteiger charge is 2.07. The molecule has 3 nitrogen and oxygen atoms in total. The summed E-state index contributed by atoms with van der Waals surface area (Å²) in [5, 5.41) is 10.3. The second kappa shape index (κ2) is 3.01. The molecule has 5 heteroatoms. The average Bonchev–Trinajstić information content (AvgIpc) is 2.02. The molecule has 0 radical (unpaired) electrons. The largest absolute Gasteiger partial charge is 0.507 e. The van der Waals surface area contributed by atoms with Crippen molar-refractivity contribution in [1.29, 1.82) is 0 Å². The minimum Gasteiger partial charge on any atom is -0.507 e. The Balaban J connectivity index is 2.94. The molecule has 1 N–H and O–H groups in total. The first-order valence-electron chi connectivity index (χ1n) is 3.48. The summed E-state index contributed by atoms with van der Waals surface area (Å²) in [7, 11) is 0. The van der Waals surface area contributed by atoms with Crippen molar-refractivity contribution in [2.45, 2.75) is 0 Å². The molecule has 0 aliphatic carbocycles. The summed E-state index contributed by atoms with van der Waals surface area (Å²) in [5.74, 6) is 0.0548. The van der Waals surface area contributed by atoms with Gasteiger partial charge in [0.2, 0.25) is 0 Å². The van der Waals surface area contributed by atoms with Gasteiger partial charge in [-0.15, -0.1) is 0 Å². The number of aromatic hydroxyl groups is 1. The number of pyridine rings is 2. The number of aromatic nitrogens is 2. The smallest absolute Gasteiger partial charge is 0.143 e. The zero-order chi connectivity index (χ0) is 9.42. The van der Waals surface area contributed by atoms with Crippen LogP contribution in [0.2, 0.25) is 10.3 Å². The Morgan fingerprint density at radius 1 is 1.31 bits per heavy atom. The Hall–Kier alpha value is -1.06. The van der Waals surface area contributed by atoms with Gasteiger partial charge in [-0.25, -0.2) is 4.98 Å². The fourth-order valence-corrected chi connectivity index (χ4v) is 1.60. The first-order chi connectivity index (χ1) is 6.18. The molecule has 2 heterocycles. The minimum absolute atomic E-state index is 0.0548. The topological polar surface area (TPSA) is 46.0 Å². The summed E-state index contributed by atoms with van der Waals surface area (Å²) < 4.78 is 0. The second-order valence-electron chi connectivity index (χ2n) is 2.46. The van der Waals surface area contributed by atoms with E-state index < -0.39 is 0 Å². The molecule has 2 aromatic heterocycles. The van der Waals surface area contributed by atoms with E-state index in [1.54, 1.807) is 6.07 Å². The number of hydrogen-bond donors (Lipinski definition) is 1. The van der Waals surface area contributed by atoms with Gasteiger partial charge in [0.15, 0.2) is 0 Å². The van der Waals surface area contributed by atoms with Gasteiger partial charge in [0.25, 0.3) is 0 Å². The molecule has 0 aliphatic heterocycles. The summed E-state index contributed by atoms with van der Waals surface area (Å²) in [6, 6.07) is 2.99. The van der Waals surface area contributed by atoms with Gasteiger partial charge in [0.05, 0.1) is 10.9 Å². The van der Waals surface area contributed by atoms with Crippen molar-refractivity contribution < 1.29 is 5.11 Å². The number of hydrogen-bond acceptors (Lipinski definition) is 3. The first-order valence-corrected chi connectivity index (χ1v) is 4.24. The molecular formula is C8H4Cl2N2O. The van der Waals surface area contributed by atoms with Crippen molar-refractivity contribution in [3.8, 4) is 5.75 Å². The third-order valence-electron chi connectivity index (χ3n) is 1.63. The van der Waals surface area contributed by atoms with E-state index in [0.29, 0.717) is 10.9 Å². The number of rotatable bonds is 0. The molecule has 0 fully saturated rings. The van der Waals surface area contributed by atoms with Gasteiger partial charge in [0.1, 0.15) is 16.1 Å². The fourth-order valence-electron chi connectivity index (χ4n) is 1.08. The zero-order valence-electron chi connectivity index (χ0n) is 6.33. The summed E-state index contributed by atoms with van der Waals surface area (Å²) in [5.41, 5.74) is 0.532. The molecule has 0 saturated heterocycles. The fraction of sp³-hybridized carbons (Fsp3) is 0. The molecule has 2 rings (SSSR count). The molecule has 13 heavy (non-hydrogen) atoms. The van der Waals surface area contributed by atoms with E-state index in [4.69, 9.17) is 23.2 Å². The normalized spacial score (nSPS) is 10.6. The van der Waals surface area contributed by atoms with Gasteiger partial charge in [-0.05, 0) is 6.07 Å². The Labute approximate surface area is 84.0 Å². The van der Waals surface area contributed by atoms with Gasteiger partial charge in [-0.3, -0.25) is 4.98 Å². The maximum Gasteiger partial charge on any atom is 0.143 e. The van der Waals surface area contributed by atoms with Gasteiger partial charge >= 0.3 is 0 Å². The summed E-state index contributed by atoms with van der Waals surface area (Å²) in [6.45, 7) is 0. The Bertz CT molecular complexity index is 473. The SMILES string of the molecule is Oc1ccnc2cc(Cl)nc(Cl)c12. The van der Waals surface area contributed by atoms with E-state index in [9.17, 15) is 5.11 Å². The second-order valence-corrected chi connectivity index (χ2v) is 3.21. The lowest BCUT2D eigenvalue weighted by Crippen LogP contribution is -1.84. The molecule has 0 bridgehead atoms. The molecule has 2 aromatic rings. The lowest BCUT2D eigenvalue weighted by Gasteiger charge is -2.01. The molecular weight excluding hydrogens is 211 g/mol. The van der Waals surface area contributed by atoms with Crippen LogP contribution in [0.3, 0.4) is 0 Å². The predicted octanol–water partition coefficient (Wildman–Crippen LogP) is 2.64. The lowest BCUT2D eigenvalue weighted by atomic mass is 10.2. The van der Waals surface area contributed by atoms with Crippen molar-refractivity contribution in [3.63, 3.8) is 0 Å². The highest BCUT2D eigenvalue weighted by molar-refractivity contribution is 6.36. The first kappa shape index (κ1) is 8.53. The summed E-state index contributed by atoms with van der Waals surface area (Å²) >= 11 is 11.4. The van der Waals surface area contributed by atoms with Crippen LogP contribution in [0.1, 0.15) is 0 Å². The van der Waals surface area contributed by atoms with Crippen molar-refractivity contribution in [3.05, 3.63) is 28.6 Å². The van der Waals surface area contributed by atoms with Crippen LogP contribution < -0.4 is 0 Å². The maximum atomic E-state index is 9.44. The predicted molar refractivity (Wildman–Crippen MR) is 51.2 cm³/mol. The van der Waals surface area contributed by atoms with E-state index >= 15 is 0 Å². The van der Waals surface area contributed by atoms with Crippen LogP contribution in [0, 0.1) is 0 Å². The molecule has 66 valence electrons. The number of nitrogens with zero attached hydrogens (tertiary/aromatic N) is 2. The Morgan fingerprint density at radius 3 is 2.85 bits per heavy atom. The number of fused-ring (bicyclic) bond motifs is 1. The Morgan fingerprint density at radius 2 is 2.08 bits per heavy atom. The average molecular weight is 215 g/mol. The van der Waals surface area contributed by atoms with Crippen molar-refractivity contribution >= 4 is 34.1 Å². The van der Waals surface area contributed by atoms with E-state index in [0.717, 1.165) is 0 Å². The van der Waals surface area contributed by atoms with Gasteiger partial charge in [-0.1, -0.05) is 23.2 Å². The van der Waals surface area contributed by atoms with Crippen molar-refractivity contribution in [1.82, 2.24) is 9.97 Å². The monoisotopic (exact) mass is 214 g/mol. The number of halogens is 2. The molecule has 0 amide bonds. The van der Waals surface area contributed by atoms with Gasteiger partial charge < -0.3 is 5.11 Å². The highest BCUT2D eigenvalue weighted by atomic mass is 35.5. The third-order valence-corrected chi connectivity index (χ3v) is 2.09. The zero-order valence-corrected chi connectivity index (χ0v) is 7.84. The van der Waals surface area contributed by atoms with E-state index in [1.165, 1.54) is 12.3 Å². The van der Waals surface area contributed by atoms with Crippen LogP contribution in [0.5, 0.6) is 5.75 Å². The van der Waals surface area contributed by atoms with E-state index in [2.05, 4.69) is 9.97 Å². The van der Waals surface area contributed by atoms with Crippen LogP contribution in [0.25, 0.3) is 10.9 Å². The van der Waals surface area contributed by atoms with Gasteiger partial charge in [-0.2, -0.15) is 0 Å². The van der Waals surface area contributed by atoms with Crippen LogP contribution in [0.4, 0.5) is 0 Å². The minimum atomic E-state index is 0.0548. The van der Waals surface area contributed by atoms with Crippen LogP contribution in [-0.4, -0.2) is 15.1 Å². The van der Waals surface area contributed by atoms with Crippen LogP contribution >= 0.6 is 23.2 Å². The van der Waals surface area contributed by atoms with E-state index in [-0.39, 0.29) is 16.1 Å². The lowest BCUT2D eigenvalue weighted by molar-refractivity contribution is 0.481. The summed E-state index contributed by atoms with van der Waals surface area (Å²) in [6.07, 6.45) is 1.48. The standard InChI is InChI=1S/C8H4Cl2N2O/c9-6-3-4-7(8(10)12-6)5(13)1-2-11-4/h1-3H,(H,11,13). The van der Waals surface area contributed by atoms with E-state index in [1.807, 2.05) is 0 Å². The van der Waals surface area contributed by atoms with Gasteiger partial charge in [0, 0.05) is 12.3 Å². The molecule has 0 aromatic carbocycles. The van der Waals surface area contributed by atoms with Crippen molar-refractivity contribution in [2.24, 2.45) is 0 Å². The Kier molecular flexibility index (Phi) is 1.98. The molecule has 0 saturated carbocycles.